The van der Waals surface area contributed by atoms with Crippen molar-refractivity contribution in [3.8, 4) is 0 Å². The lowest BCUT2D eigenvalue weighted by Gasteiger charge is -2.22. The van der Waals surface area contributed by atoms with Gasteiger partial charge in [0.2, 0.25) is 5.91 Å². The van der Waals surface area contributed by atoms with Crippen molar-refractivity contribution in [2.24, 2.45) is 5.92 Å². The van der Waals surface area contributed by atoms with Gasteiger partial charge in [-0.1, -0.05) is 25.0 Å². The number of carbonyl (C=O) groups excluding carboxylic acids is 1. The van der Waals surface area contributed by atoms with Crippen molar-refractivity contribution in [1.82, 2.24) is 5.32 Å². The van der Waals surface area contributed by atoms with Gasteiger partial charge in [0.25, 0.3) is 0 Å². The molecule has 1 aromatic rings. The first kappa shape index (κ1) is 14.4. The average molecular weight is 286 g/mol. The van der Waals surface area contributed by atoms with Gasteiger partial charge in [0, 0.05) is 31.2 Å². The quantitative estimate of drug-likeness (QED) is 0.902. The third-order valence-corrected chi connectivity index (χ3v) is 4.57. The van der Waals surface area contributed by atoms with Crippen molar-refractivity contribution in [3.05, 3.63) is 29.8 Å². The Morgan fingerprint density at radius 1 is 1.05 bits per heavy atom. The van der Waals surface area contributed by atoms with Gasteiger partial charge in [-0.25, -0.2) is 0 Å². The minimum absolute atomic E-state index is 0.246. The number of rotatable bonds is 5. The topological polar surface area (TPSA) is 32.3 Å². The van der Waals surface area contributed by atoms with Crippen LogP contribution >= 0.6 is 0 Å². The predicted molar refractivity (Wildman–Crippen MR) is 86.6 cm³/mol. The summed E-state index contributed by atoms with van der Waals surface area (Å²) < 4.78 is 0. The first-order valence-electron chi connectivity index (χ1n) is 8.44. The summed E-state index contributed by atoms with van der Waals surface area (Å²) in [6.07, 6.45) is 8.46. The molecule has 1 saturated carbocycles. The van der Waals surface area contributed by atoms with Crippen LogP contribution < -0.4 is 10.2 Å². The van der Waals surface area contributed by atoms with Crippen molar-refractivity contribution in [3.63, 3.8) is 0 Å². The lowest BCUT2D eigenvalue weighted by molar-refractivity contribution is -0.122. The molecule has 1 N–H and O–H groups in total. The lowest BCUT2D eigenvalue weighted by atomic mass is 10.1. The lowest BCUT2D eigenvalue weighted by Crippen LogP contribution is -2.27. The molecule has 1 aliphatic carbocycles. The molecule has 1 amide bonds. The molecule has 1 heterocycles. The highest BCUT2D eigenvalue weighted by Crippen LogP contribution is 2.28. The average Bonchev–Trinajstić information content (AvgIpc) is 3.35. The summed E-state index contributed by atoms with van der Waals surface area (Å²) in [5.41, 5.74) is 2.66. The number of amides is 1. The second-order valence-electron chi connectivity index (χ2n) is 6.38. The first-order valence-corrected chi connectivity index (χ1v) is 8.44. The predicted octanol–water partition coefficient (Wildman–Crippen LogP) is 3.14. The summed E-state index contributed by atoms with van der Waals surface area (Å²) in [5, 5.41) is 3.03. The van der Waals surface area contributed by atoms with E-state index in [1.165, 1.54) is 50.0 Å². The molecule has 0 aromatic heterocycles. The Labute approximate surface area is 127 Å². The van der Waals surface area contributed by atoms with E-state index >= 15 is 0 Å². The molecular formula is C18H26N2O. The largest absolute Gasteiger partial charge is 0.372 e. The van der Waals surface area contributed by atoms with Crippen molar-refractivity contribution in [1.29, 1.82) is 0 Å². The minimum Gasteiger partial charge on any atom is -0.372 e. The van der Waals surface area contributed by atoms with Crippen molar-refractivity contribution in [2.75, 3.05) is 24.5 Å². The fraction of sp³-hybridized carbons (Fsp3) is 0.611. The smallest absolute Gasteiger partial charge is 0.223 e. The Balaban J connectivity index is 1.47. The number of benzene rings is 1. The van der Waals surface area contributed by atoms with Crippen LogP contribution in [0.2, 0.25) is 0 Å². The van der Waals surface area contributed by atoms with Gasteiger partial charge >= 0.3 is 0 Å². The molecule has 0 atom stereocenters. The van der Waals surface area contributed by atoms with Gasteiger partial charge in [0.05, 0.1) is 0 Å². The molecule has 3 heteroatoms. The summed E-state index contributed by atoms with van der Waals surface area (Å²) in [6, 6.07) is 8.90. The minimum atomic E-state index is 0.246. The molecule has 3 nitrogen and oxygen atoms in total. The zero-order valence-electron chi connectivity index (χ0n) is 12.8. The van der Waals surface area contributed by atoms with Crippen LogP contribution in [0, 0.1) is 5.92 Å². The van der Waals surface area contributed by atoms with Crippen LogP contribution in [0.3, 0.4) is 0 Å². The molecule has 2 fully saturated rings. The number of anilines is 1. The number of nitrogens with one attached hydrogen (secondary N) is 1. The van der Waals surface area contributed by atoms with Gasteiger partial charge in [-0.05, 0) is 49.8 Å². The van der Waals surface area contributed by atoms with E-state index in [1.54, 1.807) is 0 Å². The highest BCUT2D eigenvalue weighted by Gasteiger charge is 2.28. The van der Waals surface area contributed by atoms with Crippen LogP contribution in [-0.4, -0.2) is 25.5 Å². The molecule has 2 aliphatic rings. The zero-order chi connectivity index (χ0) is 14.5. The highest BCUT2D eigenvalue weighted by atomic mass is 16.2. The molecule has 0 bridgehead atoms. The van der Waals surface area contributed by atoms with Crippen LogP contribution in [0.4, 0.5) is 5.69 Å². The van der Waals surface area contributed by atoms with E-state index in [1.807, 2.05) is 0 Å². The van der Waals surface area contributed by atoms with E-state index in [0.29, 0.717) is 5.92 Å². The molecule has 1 saturated heterocycles. The molecule has 0 radical (unpaired) electrons. The normalized spacial score (nSPS) is 19.1. The SMILES string of the molecule is O=C(NCCc1ccc(N2CCCCCC2)cc1)C1CC1. The zero-order valence-corrected chi connectivity index (χ0v) is 12.8. The number of hydrogen-bond acceptors (Lipinski definition) is 2. The Hall–Kier alpha value is -1.51. The second-order valence-corrected chi connectivity index (χ2v) is 6.38. The van der Waals surface area contributed by atoms with E-state index in [4.69, 9.17) is 0 Å². The van der Waals surface area contributed by atoms with Gasteiger partial charge < -0.3 is 10.2 Å². The summed E-state index contributed by atoms with van der Waals surface area (Å²) in [5.74, 6) is 0.562. The summed E-state index contributed by atoms with van der Waals surface area (Å²) >= 11 is 0. The Kier molecular flexibility index (Phi) is 4.79. The molecule has 3 rings (SSSR count). The third kappa shape index (κ3) is 4.23. The van der Waals surface area contributed by atoms with Gasteiger partial charge in [-0.2, -0.15) is 0 Å². The standard InChI is InChI=1S/C18H26N2O/c21-18(16-7-8-16)19-12-11-15-5-9-17(10-6-15)20-13-3-1-2-4-14-20/h5-6,9-10,16H,1-4,7-8,11-14H2,(H,19,21). The monoisotopic (exact) mass is 286 g/mol. The van der Waals surface area contributed by atoms with E-state index in [0.717, 1.165) is 25.8 Å². The summed E-state index contributed by atoms with van der Waals surface area (Å²) in [6.45, 7) is 3.14. The van der Waals surface area contributed by atoms with Crippen LogP contribution in [0.25, 0.3) is 0 Å². The number of carbonyl (C=O) groups is 1. The third-order valence-electron chi connectivity index (χ3n) is 4.57. The number of hydrogen-bond donors (Lipinski definition) is 1. The molecule has 0 spiro atoms. The molecular weight excluding hydrogens is 260 g/mol. The maximum atomic E-state index is 11.6. The maximum absolute atomic E-state index is 11.6. The van der Waals surface area contributed by atoms with E-state index in [2.05, 4.69) is 34.5 Å². The molecule has 1 aliphatic heterocycles. The molecule has 114 valence electrons. The van der Waals surface area contributed by atoms with E-state index < -0.39 is 0 Å². The van der Waals surface area contributed by atoms with Gasteiger partial charge in [0.15, 0.2) is 0 Å². The van der Waals surface area contributed by atoms with E-state index in [9.17, 15) is 4.79 Å². The van der Waals surface area contributed by atoms with Crippen molar-refractivity contribution >= 4 is 11.6 Å². The second kappa shape index (κ2) is 6.97. The fourth-order valence-corrected chi connectivity index (χ4v) is 3.02. The summed E-state index contributed by atoms with van der Waals surface area (Å²) in [7, 11) is 0. The van der Waals surface area contributed by atoms with Gasteiger partial charge in [-0.3, -0.25) is 4.79 Å². The Morgan fingerprint density at radius 3 is 2.33 bits per heavy atom. The van der Waals surface area contributed by atoms with E-state index in [-0.39, 0.29) is 5.91 Å². The van der Waals surface area contributed by atoms with Crippen molar-refractivity contribution in [2.45, 2.75) is 44.9 Å². The highest BCUT2D eigenvalue weighted by molar-refractivity contribution is 5.80. The van der Waals surface area contributed by atoms with Crippen LogP contribution in [0.1, 0.15) is 44.1 Å². The molecule has 21 heavy (non-hydrogen) atoms. The summed E-state index contributed by atoms with van der Waals surface area (Å²) in [4.78, 5) is 14.1. The fourth-order valence-electron chi connectivity index (χ4n) is 3.02. The molecule has 0 unspecified atom stereocenters. The van der Waals surface area contributed by atoms with Gasteiger partial charge in [0.1, 0.15) is 0 Å². The van der Waals surface area contributed by atoms with Gasteiger partial charge in [-0.15, -0.1) is 0 Å². The Morgan fingerprint density at radius 2 is 1.71 bits per heavy atom. The first-order chi connectivity index (χ1) is 10.3. The molecule has 1 aromatic carbocycles. The van der Waals surface area contributed by atoms with Crippen LogP contribution in [-0.2, 0) is 11.2 Å². The van der Waals surface area contributed by atoms with Crippen molar-refractivity contribution < 1.29 is 4.79 Å². The maximum Gasteiger partial charge on any atom is 0.223 e. The number of nitrogens with zero attached hydrogens (tertiary/aromatic N) is 1. The van der Waals surface area contributed by atoms with Crippen LogP contribution in [0.5, 0.6) is 0 Å². The van der Waals surface area contributed by atoms with Crippen LogP contribution in [0.15, 0.2) is 24.3 Å². The Bertz CT molecular complexity index is 457.